The first-order chi connectivity index (χ1) is 13.6. The molecule has 6 nitrogen and oxygen atoms in total. The monoisotopic (exact) mass is 414 g/mol. The summed E-state index contributed by atoms with van der Waals surface area (Å²) in [6, 6.07) is 6.47. The number of ether oxygens (including phenoxy) is 1. The normalized spacial score (nSPS) is 16.4. The molecule has 1 amide bonds. The molecule has 0 atom stereocenters. The number of carbonyl (C=O) groups is 1. The molecule has 0 saturated heterocycles. The largest absolute Gasteiger partial charge is 0.484 e. The molecule has 1 aromatic rings. The highest BCUT2D eigenvalue weighted by Crippen LogP contribution is 2.38. The number of nitrogens with zero attached hydrogens (tertiary/aromatic N) is 2. The summed E-state index contributed by atoms with van der Waals surface area (Å²) in [6.07, 6.45) is -0.643. The van der Waals surface area contributed by atoms with E-state index in [1.165, 1.54) is 6.07 Å². The molecule has 1 aromatic carbocycles. The topological polar surface area (TPSA) is 66.0 Å². The van der Waals surface area contributed by atoms with Gasteiger partial charge in [-0.3, -0.25) is 9.79 Å². The molecule has 0 spiro atoms. The number of halogens is 3. The van der Waals surface area contributed by atoms with E-state index in [1.807, 2.05) is 0 Å². The summed E-state index contributed by atoms with van der Waals surface area (Å²) >= 11 is 0. The minimum absolute atomic E-state index is 0.118. The van der Waals surface area contributed by atoms with Gasteiger partial charge in [0.25, 0.3) is 0 Å². The minimum Gasteiger partial charge on any atom is -0.484 e. The Kier molecular flexibility index (Phi) is 7.75. The van der Waals surface area contributed by atoms with Crippen LogP contribution in [0, 0.1) is 5.41 Å². The molecule has 1 aliphatic rings. The van der Waals surface area contributed by atoms with Crippen molar-refractivity contribution >= 4 is 11.9 Å². The van der Waals surface area contributed by atoms with Crippen LogP contribution in [0.2, 0.25) is 0 Å². The van der Waals surface area contributed by atoms with E-state index in [4.69, 9.17) is 4.74 Å². The lowest BCUT2D eigenvalue weighted by molar-refractivity contribution is -0.153. The zero-order valence-corrected chi connectivity index (χ0v) is 17.1. The number of benzene rings is 1. The Morgan fingerprint density at radius 2 is 1.93 bits per heavy atom. The SMILES string of the molecule is CN=C(NCc1cccc(OCC(F)(F)F)c1)NCC1(C(=O)N(C)C)CCCC1. The van der Waals surface area contributed by atoms with E-state index in [-0.39, 0.29) is 11.7 Å². The fourth-order valence-electron chi connectivity index (χ4n) is 3.56. The van der Waals surface area contributed by atoms with Crippen molar-refractivity contribution in [1.29, 1.82) is 0 Å². The Morgan fingerprint density at radius 1 is 1.24 bits per heavy atom. The third-order valence-corrected chi connectivity index (χ3v) is 5.00. The molecule has 162 valence electrons. The molecule has 0 radical (unpaired) electrons. The van der Waals surface area contributed by atoms with Gasteiger partial charge in [-0.05, 0) is 30.5 Å². The number of alkyl halides is 3. The Hall–Kier alpha value is -2.45. The number of guanidine groups is 1. The van der Waals surface area contributed by atoms with E-state index < -0.39 is 18.2 Å². The summed E-state index contributed by atoms with van der Waals surface area (Å²) in [5.41, 5.74) is 0.333. The van der Waals surface area contributed by atoms with Gasteiger partial charge in [-0.1, -0.05) is 25.0 Å². The molecule has 1 aliphatic carbocycles. The second-order valence-corrected chi connectivity index (χ2v) is 7.52. The lowest BCUT2D eigenvalue weighted by Gasteiger charge is -2.31. The first-order valence-electron chi connectivity index (χ1n) is 9.60. The maximum absolute atomic E-state index is 12.6. The Bertz CT molecular complexity index is 714. The number of amides is 1. The summed E-state index contributed by atoms with van der Waals surface area (Å²) in [6.45, 7) is -0.481. The Labute approximate surface area is 169 Å². The summed E-state index contributed by atoms with van der Waals surface area (Å²) in [5.74, 6) is 0.808. The standard InChI is InChI=1S/C20H29F3N4O2/c1-24-18(26-13-19(9-4-5-10-19)17(28)27(2)3)25-12-15-7-6-8-16(11-15)29-14-20(21,22)23/h6-8,11H,4-5,9-10,12-14H2,1-3H3,(H2,24,25,26). The molecule has 0 heterocycles. The summed E-state index contributed by atoms with van der Waals surface area (Å²) in [5, 5.41) is 6.36. The molecule has 0 bridgehead atoms. The molecular weight excluding hydrogens is 385 g/mol. The van der Waals surface area contributed by atoms with Crippen molar-refractivity contribution in [3.63, 3.8) is 0 Å². The van der Waals surface area contributed by atoms with Crippen LogP contribution in [0.5, 0.6) is 5.75 Å². The summed E-state index contributed by atoms with van der Waals surface area (Å²) < 4.78 is 41.7. The van der Waals surface area contributed by atoms with Gasteiger partial charge in [-0.25, -0.2) is 0 Å². The summed E-state index contributed by atoms with van der Waals surface area (Å²) in [4.78, 5) is 18.5. The van der Waals surface area contributed by atoms with Crippen molar-refractivity contribution in [1.82, 2.24) is 15.5 Å². The van der Waals surface area contributed by atoms with E-state index in [0.29, 0.717) is 19.0 Å². The van der Waals surface area contributed by atoms with Gasteiger partial charge in [0.2, 0.25) is 5.91 Å². The van der Waals surface area contributed by atoms with E-state index in [0.717, 1.165) is 31.2 Å². The van der Waals surface area contributed by atoms with Gasteiger partial charge >= 0.3 is 6.18 Å². The lowest BCUT2D eigenvalue weighted by atomic mass is 9.84. The number of carbonyl (C=O) groups excluding carboxylic acids is 1. The maximum atomic E-state index is 12.6. The molecule has 29 heavy (non-hydrogen) atoms. The van der Waals surface area contributed by atoms with Crippen LogP contribution in [0.25, 0.3) is 0 Å². The molecule has 1 saturated carbocycles. The summed E-state index contributed by atoms with van der Waals surface area (Å²) in [7, 11) is 5.17. The predicted octanol–water partition coefficient (Wildman–Crippen LogP) is 2.94. The molecule has 0 aromatic heterocycles. The minimum atomic E-state index is -4.37. The number of rotatable bonds is 7. The second kappa shape index (κ2) is 9.84. The number of aliphatic imine (C=N–C) groups is 1. The van der Waals surface area contributed by atoms with Gasteiger partial charge in [0.1, 0.15) is 5.75 Å². The molecule has 9 heteroatoms. The third-order valence-electron chi connectivity index (χ3n) is 5.00. The molecule has 1 fully saturated rings. The van der Waals surface area contributed by atoms with Crippen molar-refractivity contribution in [3.8, 4) is 5.75 Å². The third kappa shape index (κ3) is 6.83. The molecule has 2 N–H and O–H groups in total. The van der Waals surface area contributed by atoms with Crippen molar-refractivity contribution in [2.45, 2.75) is 38.4 Å². The van der Waals surface area contributed by atoms with Crippen LogP contribution in [0.1, 0.15) is 31.2 Å². The van der Waals surface area contributed by atoms with Gasteiger partial charge in [0, 0.05) is 34.2 Å². The zero-order chi connectivity index (χ0) is 21.5. The van der Waals surface area contributed by atoms with Crippen LogP contribution in [0.15, 0.2) is 29.3 Å². The van der Waals surface area contributed by atoms with Gasteiger partial charge in [0.05, 0.1) is 5.41 Å². The highest BCUT2D eigenvalue weighted by atomic mass is 19.4. The highest BCUT2D eigenvalue weighted by Gasteiger charge is 2.42. The molecule has 0 unspecified atom stereocenters. The first-order valence-corrected chi connectivity index (χ1v) is 9.60. The van der Waals surface area contributed by atoms with Gasteiger partial charge in [-0.2, -0.15) is 13.2 Å². The van der Waals surface area contributed by atoms with Gasteiger partial charge in [-0.15, -0.1) is 0 Å². The lowest BCUT2D eigenvalue weighted by Crippen LogP contribution is -2.49. The molecule has 0 aliphatic heterocycles. The van der Waals surface area contributed by atoms with Crippen molar-refractivity contribution in [2.75, 3.05) is 34.3 Å². The van der Waals surface area contributed by atoms with E-state index in [9.17, 15) is 18.0 Å². The van der Waals surface area contributed by atoms with Crippen LogP contribution in [-0.4, -0.2) is 57.2 Å². The molecular formula is C20H29F3N4O2. The Morgan fingerprint density at radius 3 is 2.52 bits per heavy atom. The van der Waals surface area contributed by atoms with Gasteiger partial charge < -0.3 is 20.3 Å². The van der Waals surface area contributed by atoms with Gasteiger partial charge in [0.15, 0.2) is 12.6 Å². The van der Waals surface area contributed by atoms with Crippen LogP contribution in [0.4, 0.5) is 13.2 Å². The van der Waals surface area contributed by atoms with Crippen molar-refractivity contribution in [2.24, 2.45) is 10.4 Å². The van der Waals surface area contributed by atoms with E-state index >= 15 is 0 Å². The van der Waals surface area contributed by atoms with Crippen LogP contribution >= 0.6 is 0 Å². The first kappa shape index (κ1) is 22.8. The Balaban J connectivity index is 1.91. The zero-order valence-electron chi connectivity index (χ0n) is 17.1. The van der Waals surface area contributed by atoms with Crippen LogP contribution in [-0.2, 0) is 11.3 Å². The average molecular weight is 414 g/mol. The van der Waals surface area contributed by atoms with Crippen molar-refractivity contribution in [3.05, 3.63) is 29.8 Å². The maximum Gasteiger partial charge on any atom is 0.422 e. The fourth-order valence-corrected chi connectivity index (χ4v) is 3.56. The predicted molar refractivity (Wildman–Crippen MR) is 106 cm³/mol. The van der Waals surface area contributed by atoms with E-state index in [1.54, 1.807) is 44.2 Å². The number of hydrogen-bond acceptors (Lipinski definition) is 3. The molecule has 2 rings (SSSR count). The fraction of sp³-hybridized carbons (Fsp3) is 0.600. The highest BCUT2D eigenvalue weighted by molar-refractivity contribution is 5.85. The number of nitrogens with one attached hydrogen (secondary N) is 2. The van der Waals surface area contributed by atoms with Crippen molar-refractivity contribution < 1.29 is 22.7 Å². The quantitative estimate of drug-likeness (QED) is 0.532. The van der Waals surface area contributed by atoms with E-state index in [2.05, 4.69) is 15.6 Å². The van der Waals surface area contributed by atoms with Crippen LogP contribution < -0.4 is 15.4 Å². The second-order valence-electron chi connectivity index (χ2n) is 7.52. The smallest absolute Gasteiger partial charge is 0.422 e. The van der Waals surface area contributed by atoms with Crippen LogP contribution in [0.3, 0.4) is 0 Å². The number of hydrogen-bond donors (Lipinski definition) is 2. The average Bonchev–Trinajstić information content (AvgIpc) is 3.15.